The number of benzene rings is 2. The van der Waals surface area contributed by atoms with Gasteiger partial charge in [0.15, 0.2) is 0 Å². The second kappa shape index (κ2) is 7.37. The van der Waals surface area contributed by atoms with Gasteiger partial charge >= 0.3 is 0 Å². The number of aromatic amines is 1. The monoisotopic (exact) mass is 378 g/mol. The second-order valence-electron chi connectivity index (χ2n) is 7.69. The van der Waals surface area contributed by atoms with Crippen LogP contribution in [0.15, 0.2) is 36.4 Å². The minimum Gasteiger partial charge on any atom is -0.381 e. The summed E-state index contributed by atoms with van der Waals surface area (Å²) in [6.07, 6.45) is 1.12. The molecular formula is C22H26N4O2. The van der Waals surface area contributed by atoms with Crippen molar-refractivity contribution in [2.45, 2.75) is 38.8 Å². The van der Waals surface area contributed by atoms with Crippen LogP contribution >= 0.6 is 0 Å². The highest BCUT2D eigenvalue weighted by Gasteiger charge is 2.35. The Labute approximate surface area is 164 Å². The molecule has 3 aromatic rings. The fourth-order valence-corrected chi connectivity index (χ4v) is 3.51. The molecule has 4 N–H and O–H groups in total. The fourth-order valence-electron chi connectivity index (χ4n) is 3.51. The van der Waals surface area contributed by atoms with Crippen LogP contribution < -0.4 is 11.1 Å². The molecule has 1 saturated heterocycles. The Morgan fingerprint density at radius 3 is 2.57 bits per heavy atom. The van der Waals surface area contributed by atoms with E-state index >= 15 is 0 Å². The van der Waals surface area contributed by atoms with Crippen LogP contribution in [-0.2, 0) is 16.1 Å². The van der Waals surface area contributed by atoms with Gasteiger partial charge in [0.05, 0.1) is 16.6 Å². The van der Waals surface area contributed by atoms with Crippen molar-refractivity contribution in [1.82, 2.24) is 15.3 Å². The SMILES string of the molecule is Cc1cc2nc(-c3ccc(CNC(=O)C4(N)CCOCC4)cc3)[nH]c2cc1C. The summed E-state index contributed by atoms with van der Waals surface area (Å²) in [5.74, 6) is 0.738. The van der Waals surface area contributed by atoms with Crippen LogP contribution in [0, 0.1) is 13.8 Å². The fraction of sp³-hybridized carbons (Fsp3) is 0.364. The third-order valence-electron chi connectivity index (χ3n) is 5.62. The molecule has 0 saturated carbocycles. The normalized spacial score (nSPS) is 16.2. The van der Waals surface area contributed by atoms with E-state index in [-0.39, 0.29) is 5.91 Å². The lowest BCUT2D eigenvalue weighted by Crippen LogP contribution is -2.56. The predicted octanol–water partition coefficient (Wildman–Crippen LogP) is 2.97. The molecule has 0 radical (unpaired) electrons. The lowest BCUT2D eigenvalue weighted by molar-refractivity contribution is -0.129. The van der Waals surface area contributed by atoms with E-state index in [1.165, 1.54) is 11.1 Å². The van der Waals surface area contributed by atoms with Crippen molar-refractivity contribution in [3.05, 3.63) is 53.1 Å². The molecule has 1 aromatic heterocycles. The number of nitrogens with zero attached hydrogens (tertiary/aromatic N) is 1. The molecule has 0 aliphatic carbocycles. The first kappa shape index (κ1) is 18.7. The van der Waals surface area contributed by atoms with Crippen LogP contribution in [0.1, 0.15) is 29.5 Å². The summed E-state index contributed by atoms with van der Waals surface area (Å²) in [5, 5.41) is 2.96. The van der Waals surface area contributed by atoms with Gasteiger partial charge in [-0.25, -0.2) is 4.98 Å². The number of hydrogen-bond donors (Lipinski definition) is 3. The summed E-state index contributed by atoms with van der Waals surface area (Å²) in [6, 6.07) is 12.3. The molecule has 0 unspecified atom stereocenters. The summed E-state index contributed by atoms with van der Waals surface area (Å²) in [5.41, 5.74) is 11.9. The lowest BCUT2D eigenvalue weighted by atomic mass is 9.90. The third kappa shape index (κ3) is 3.66. The Balaban J connectivity index is 1.44. The van der Waals surface area contributed by atoms with Crippen molar-refractivity contribution in [3.8, 4) is 11.4 Å². The number of aryl methyl sites for hydroxylation is 2. The van der Waals surface area contributed by atoms with E-state index in [1.807, 2.05) is 24.3 Å². The number of carbonyl (C=O) groups is 1. The van der Waals surface area contributed by atoms with Crippen LogP contribution in [0.2, 0.25) is 0 Å². The van der Waals surface area contributed by atoms with E-state index in [2.05, 4.69) is 36.3 Å². The molecule has 1 fully saturated rings. The van der Waals surface area contributed by atoms with Gasteiger partial charge in [0.25, 0.3) is 0 Å². The number of nitrogens with one attached hydrogen (secondary N) is 2. The Kier molecular flexibility index (Phi) is 4.91. The zero-order valence-corrected chi connectivity index (χ0v) is 16.3. The lowest BCUT2D eigenvalue weighted by Gasteiger charge is -2.31. The predicted molar refractivity (Wildman–Crippen MR) is 110 cm³/mol. The first-order valence-corrected chi connectivity index (χ1v) is 9.66. The van der Waals surface area contributed by atoms with E-state index in [0.29, 0.717) is 32.6 Å². The highest BCUT2D eigenvalue weighted by Crippen LogP contribution is 2.23. The molecule has 1 aliphatic rings. The van der Waals surface area contributed by atoms with E-state index in [4.69, 9.17) is 15.5 Å². The van der Waals surface area contributed by atoms with E-state index in [1.54, 1.807) is 0 Å². The number of hydrogen-bond acceptors (Lipinski definition) is 4. The van der Waals surface area contributed by atoms with Crippen LogP contribution in [0.25, 0.3) is 22.4 Å². The Morgan fingerprint density at radius 1 is 1.18 bits per heavy atom. The molecule has 28 heavy (non-hydrogen) atoms. The van der Waals surface area contributed by atoms with Crippen LogP contribution in [0.5, 0.6) is 0 Å². The van der Waals surface area contributed by atoms with Crippen LogP contribution in [-0.4, -0.2) is 34.6 Å². The summed E-state index contributed by atoms with van der Waals surface area (Å²) in [6.45, 7) is 5.73. The van der Waals surface area contributed by atoms with Gasteiger partial charge in [-0.3, -0.25) is 4.79 Å². The van der Waals surface area contributed by atoms with E-state index < -0.39 is 5.54 Å². The van der Waals surface area contributed by atoms with Gasteiger partial charge in [-0.05, 0) is 55.5 Å². The van der Waals surface area contributed by atoms with E-state index in [9.17, 15) is 4.79 Å². The second-order valence-corrected chi connectivity index (χ2v) is 7.69. The highest BCUT2D eigenvalue weighted by molar-refractivity contribution is 5.86. The van der Waals surface area contributed by atoms with Crippen molar-refractivity contribution in [2.24, 2.45) is 5.73 Å². The summed E-state index contributed by atoms with van der Waals surface area (Å²) in [7, 11) is 0. The van der Waals surface area contributed by atoms with Gasteiger partial charge in [0, 0.05) is 25.3 Å². The number of ether oxygens (including phenoxy) is 1. The summed E-state index contributed by atoms with van der Waals surface area (Å²) >= 11 is 0. The van der Waals surface area contributed by atoms with Crippen molar-refractivity contribution >= 4 is 16.9 Å². The molecule has 0 spiro atoms. The number of H-pyrrole nitrogens is 1. The van der Waals surface area contributed by atoms with Crippen LogP contribution in [0.4, 0.5) is 0 Å². The number of imidazole rings is 1. The van der Waals surface area contributed by atoms with Gasteiger partial charge in [-0.1, -0.05) is 24.3 Å². The maximum absolute atomic E-state index is 12.4. The molecule has 6 heteroatoms. The molecule has 1 amide bonds. The minimum atomic E-state index is -0.817. The Morgan fingerprint density at radius 2 is 1.86 bits per heavy atom. The molecule has 1 aliphatic heterocycles. The van der Waals surface area contributed by atoms with Gasteiger partial charge in [-0.15, -0.1) is 0 Å². The molecule has 146 valence electrons. The quantitative estimate of drug-likeness (QED) is 0.651. The average Bonchev–Trinajstić information content (AvgIpc) is 3.10. The molecule has 4 rings (SSSR count). The Bertz CT molecular complexity index is 962. The molecule has 2 aromatic carbocycles. The van der Waals surface area contributed by atoms with Gasteiger partial charge in [-0.2, -0.15) is 0 Å². The van der Waals surface area contributed by atoms with Crippen molar-refractivity contribution in [3.63, 3.8) is 0 Å². The van der Waals surface area contributed by atoms with Gasteiger partial charge < -0.3 is 20.8 Å². The number of rotatable bonds is 4. The molecule has 6 nitrogen and oxygen atoms in total. The van der Waals surface area contributed by atoms with Crippen LogP contribution in [0.3, 0.4) is 0 Å². The average molecular weight is 378 g/mol. The molecule has 2 heterocycles. The summed E-state index contributed by atoms with van der Waals surface area (Å²) in [4.78, 5) is 20.5. The first-order valence-electron chi connectivity index (χ1n) is 9.66. The molecule has 0 bridgehead atoms. The summed E-state index contributed by atoms with van der Waals surface area (Å²) < 4.78 is 5.30. The maximum Gasteiger partial charge on any atom is 0.240 e. The number of fused-ring (bicyclic) bond motifs is 1. The highest BCUT2D eigenvalue weighted by atomic mass is 16.5. The van der Waals surface area contributed by atoms with Crippen molar-refractivity contribution in [1.29, 1.82) is 0 Å². The molecule has 0 atom stereocenters. The number of aromatic nitrogens is 2. The molecular weight excluding hydrogens is 352 g/mol. The topological polar surface area (TPSA) is 93.0 Å². The van der Waals surface area contributed by atoms with Crippen molar-refractivity contribution < 1.29 is 9.53 Å². The van der Waals surface area contributed by atoms with Gasteiger partial charge in [0.2, 0.25) is 5.91 Å². The number of amides is 1. The first-order chi connectivity index (χ1) is 13.4. The third-order valence-corrected chi connectivity index (χ3v) is 5.62. The van der Waals surface area contributed by atoms with E-state index in [0.717, 1.165) is 28.0 Å². The zero-order chi connectivity index (χ0) is 19.7. The van der Waals surface area contributed by atoms with Gasteiger partial charge in [0.1, 0.15) is 5.82 Å². The number of nitrogens with two attached hydrogens (primary N) is 1. The largest absolute Gasteiger partial charge is 0.381 e. The number of carbonyl (C=O) groups excluding carboxylic acids is 1. The Hall–Kier alpha value is -2.70. The zero-order valence-electron chi connectivity index (χ0n) is 16.3. The van der Waals surface area contributed by atoms with Crippen molar-refractivity contribution in [2.75, 3.05) is 13.2 Å². The standard InChI is InChI=1S/C22H26N4O2/c1-14-11-18-19(12-15(14)2)26-20(25-18)17-5-3-16(4-6-17)13-24-21(27)22(23)7-9-28-10-8-22/h3-6,11-12H,7-10,13,23H2,1-2H3,(H,24,27)(H,25,26). The maximum atomic E-state index is 12.4. The minimum absolute atomic E-state index is 0.108. The smallest absolute Gasteiger partial charge is 0.240 e.